The molecule has 0 radical (unpaired) electrons. The minimum Gasteiger partial charge on any atom is -0.365 e. The Kier molecular flexibility index (Phi) is 7.97. The predicted octanol–water partition coefficient (Wildman–Crippen LogP) is 5.35. The van der Waals surface area contributed by atoms with Gasteiger partial charge in [0.25, 0.3) is 0 Å². The van der Waals surface area contributed by atoms with Gasteiger partial charge in [-0.1, -0.05) is 54.6 Å². The van der Waals surface area contributed by atoms with E-state index >= 15 is 0 Å². The van der Waals surface area contributed by atoms with Crippen molar-refractivity contribution in [2.45, 2.75) is 30.9 Å². The molecule has 0 bridgehead atoms. The molecule has 0 amide bonds. The summed E-state index contributed by atoms with van der Waals surface area (Å²) in [5.74, 6) is 0. The first-order chi connectivity index (χ1) is 16.9. The number of nitrogens with one attached hydrogen (secondary N) is 2. The van der Waals surface area contributed by atoms with Gasteiger partial charge in [-0.05, 0) is 53.3 Å². The molecule has 35 heavy (non-hydrogen) atoms. The molecule has 2 unspecified atom stereocenters. The van der Waals surface area contributed by atoms with E-state index in [1.54, 1.807) is 41.8 Å². The zero-order chi connectivity index (χ0) is 24.7. The third-order valence-electron chi connectivity index (χ3n) is 5.77. The van der Waals surface area contributed by atoms with Gasteiger partial charge in [0.05, 0.1) is 16.8 Å². The van der Waals surface area contributed by atoms with Crippen molar-refractivity contribution in [1.29, 1.82) is 0 Å². The first-order valence-corrected chi connectivity index (χ1v) is 12.1. The molecule has 0 aliphatic carbocycles. The molecule has 2 heterocycles. The summed E-state index contributed by atoms with van der Waals surface area (Å²) >= 11 is 1.63. The van der Waals surface area contributed by atoms with Crippen LogP contribution < -0.4 is 10.6 Å². The second-order valence-electron chi connectivity index (χ2n) is 8.19. The van der Waals surface area contributed by atoms with Gasteiger partial charge in [-0.25, -0.2) is 0 Å². The van der Waals surface area contributed by atoms with Crippen LogP contribution in [0.25, 0.3) is 0 Å². The number of pyridine rings is 1. The SMILES string of the molecule is OC(NCCc1cccs1)NC(Cc1ccccc1)(c1cccc(C(F)(F)F)c1)c1ccccn1. The number of alkyl halides is 3. The minimum absolute atomic E-state index is 0.274. The Morgan fingerprint density at radius 2 is 1.66 bits per heavy atom. The van der Waals surface area contributed by atoms with E-state index in [1.807, 2.05) is 47.8 Å². The van der Waals surface area contributed by atoms with Crippen molar-refractivity contribution in [3.05, 3.63) is 124 Å². The topological polar surface area (TPSA) is 57.2 Å². The van der Waals surface area contributed by atoms with Crippen LogP contribution in [0.15, 0.2) is 96.5 Å². The fourth-order valence-electron chi connectivity index (χ4n) is 4.10. The number of aliphatic hydroxyl groups excluding tert-OH is 1. The molecule has 4 rings (SSSR count). The third kappa shape index (κ3) is 6.35. The molecule has 0 aliphatic rings. The van der Waals surface area contributed by atoms with Crippen molar-refractivity contribution in [1.82, 2.24) is 15.6 Å². The van der Waals surface area contributed by atoms with Crippen LogP contribution in [-0.2, 0) is 24.6 Å². The number of thiophene rings is 1. The summed E-state index contributed by atoms with van der Waals surface area (Å²) in [7, 11) is 0. The predicted molar refractivity (Wildman–Crippen MR) is 132 cm³/mol. The van der Waals surface area contributed by atoms with E-state index in [0.717, 1.165) is 24.1 Å². The van der Waals surface area contributed by atoms with Crippen LogP contribution in [0.5, 0.6) is 0 Å². The number of hydrogen-bond acceptors (Lipinski definition) is 5. The highest BCUT2D eigenvalue weighted by atomic mass is 32.1. The van der Waals surface area contributed by atoms with E-state index < -0.39 is 23.6 Å². The molecule has 8 heteroatoms. The average Bonchev–Trinajstić information content (AvgIpc) is 3.38. The smallest absolute Gasteiger partial charge is 0.365 e. The second-order valence-corrected chi connectivity index (χ2v) is 9.22. The Labute approximate surface area is 206 Å². The van der Waals surface area contributed by atoms with Crippen LogP contribution in [0.3, 0.4) is 0 Å². The van der Waals surface area contributed by atoms with Crippen LogP contribution in [0, 0.1) is 0 Å². The first-order valence-electron chi connectivity index (χ1n) is 11.2. The molecule has 0 spiro atoms. The van der Waals surface area contributed by atoms with Crippen molar-refractivity contribution in [3.8, 4) is 0 Å². The molecule has 4 aromatic rings. The quantitative estimate of drug-likeness (QED) is 0.259. The number of hydrogen-bond donors (Lipinski definition) is 3. The van der Waals surface area contributed by atoms with Crippen LogP contribution in [0.4, 0.5) is 13.2 Å². The Hall–Kier alpha value is -3.04. The summed E-state index contributed by atoms with van der Waals surface area (Å²) < 4.78 is 41.0. The number of halogens is 3. The number of rotatable bonds is 10. The second kappa shape index (κ2) is 11.1. The zero-order valence-electron chi connectivity index (χ0n) is 18.9. The van der Waals surface area contributed by atoms with Crippen LogP contribution in [0.1, 0.15) is 27.3 Å². The maximum Gasteiger partial charge on any atom is 0.416 e. The van der Waals surface area contributed by atoms with E-state index in [2.05, 4.69) is 15.6 Å². The lowest BCUT2D eigenvalue weighted by Crippen LogP contribution is -2.56. The molecule has 2 aromatic carbocycles. The molecule has 4 nitrogen and oxygen atoms in total. The van der Waals surface area contributed by atoms with E-state index in [4.69, 9.17) is 0 Å². The fraction of sp³-hybridized carbons (Fsp3) is 0.222. The number of nitrogens with zero attached hydrogens (tertiary/aromatic N) is 1. The van der Waals surface area contributed by atoms with E-state index in [-0.39, 0.29) is 6.42 Å². The third-order valence-corrected chi connectivity index (χ3v) is 6.71. The maximum absolute atomic E-state index is 13.7. The zero-order valence-corrected chi connectivity index (χ0v) is 19.7. The highest BCUT2D eigenvalue weighted by Crippen LogP contribution is 2.37. The molecular weight excluding hydrogens is 471 g/mol. The number of aromatic nitrogens is 1. The Morgan fingerprint density at radius 1 is 0.886 bits per heavy atom. The van der Waals surface area contributed by atoms with Crippen LogP contribution in [0.2, 0.25) is 0 Å². The van der Waals surface area contributed by atoms with Crippen molar-refractivity contribution >= 4 is 11.3 Å². The van der Waals surface area contributed by atoms with Crippen LogP contribution >= 0.6 is 11.3 Å². The molecule has 0 saturated carbocycles. The van der Waals surface area contributed by atoms with Gasteiger partial charge in [0.2, 0.25) is 0 Å². The molecule has 2 aromatic heterocycles. The Bertz CT molecular complexity index is 1190. The Morgan fingerprint density at radius 3 is 2.34 bits per heavy atom. The fourth-order valence-corrected chi connectivity index (χ4v) is 4.81. The summed E-state index contributed by atoms with van der Waals surface area (Å²) in [4.78, 5) is 5.68. The minimum atomic E-state index is -4.50. The summed E-state index contributed by atoms with van der Waals surface area (Å²) in [5, 5.41) is 19.2. The molecule has 182 valence electrons. The lowest BCUT2D eigenvalue weighted by atomic mass is 9.80. The van der Waals surface area contributed by atoms with Gasteiger partial charge in [0, 0.05) is 24.0 Å². The average molecular weight is 498 g/mol. The molecule has 2 atom stereocenters. The molecule has 0 fully saturated rings. The summed E-state index contributed by atoms with van der Waals surface area (Å²) in [6.07, 6.45) is -3.11. The highest BCUT2D eigenvalue weighted by molar-refractivity contribution is 7.09. The van der Waals surface area contributed by atoms with Crippen molar-refractivity contribution < 1.29 is 18.3 Å². The van der Waals surface area contributed by atoms with Gasteiger partial charge in [0.15, 0.2) is 6.35 Å². The lowest BCUT2D eigenvalue weighted by Gasteiger charge is -2.38. The van der Waals surface area contributed by atoms with Crippen molar-refractivity contribution in [3.63, 3.8) is 0 Å². The monoisotopic (exact) mass is 497 g/mol. The van der Waals surface area contributed by atoms with Gasteiger partial charge in [-0.3, -0.25) is 15.6 Å². The van der Waals surface area contributed by atoms with Crippen molar-refractivity contribution in [2.24, 2.45) is 0 Å². The van der Waals surface area contributed by atoms with E-state index in [1.165, 1.54) is 10.9 Å². The Balaban J connectivity index is 1.74. The maximum atomic E-state index is 13.7. The molecular formula is C27H26F3N3OS. The molecule has 0 aliphatic heterocycles. The summed E-state index contributed by atoms with van der Waals surface area (Å²) in [6.45, 7) is 0.487. The summed E-state index contributed by atoms with van der Waals surface area (Å²) in [6, 6.07) is 23.9. The molecule has 3 N–H and O–H groups in total. The molecule has 0 saturated heterocycles. The van der Waals surface area contributed by atoms with Crippen LogP contribution in [-0.4, -0.2) is 23.0 Å². The van der Waals surface area contributed by atoms with Crippen molar-refractivity contribution in [2.75, 3.05) is 6.54 Å². The van der Waals surface area contributed by atoms with E-state index in [0.29, 0.717) is 17.8 Å². The number of aliphatic hydroxyl groups is 1. The van der Waals surface area contributed by atoms with Gasteiger partial charge in [-0.2, -0.15) is 13.2 Å². The standard InChI is InChI=1S/C27H26F3N3OS/c28-27(29,30)22-11-6-10-21(18-22)26(24-13-4-5-15-31-24,19-20-8-2-1-3-9-20)33-25(34)32-16-14-23-12-7-17-35-23/h1-13,15,17-18,25,32-34H,14,16,19H2. The first kappa shape index (κ1) is 25.1. The lowest BCUT2D eigenvalue weighted by molar-refractivity contribution is -0.137. The normalized spacial score (nSPS) is 14.4. The largest absolute Gasteiger partial charge is 0.416 e. The number of benzene rings is 2. The van der Waals surface area contributed by atoms with Gasteiger partial charge < -0.3 is 5.11 Å². The van der Waals surface area contributed by atoms with Gasteiger partial charge in [0.1, 0.15) is 0 Å². The van der Waals surface area contributed by atoms with Gasteiger partial charge in [-0.15, -0.1) is 11.3 Å². The van der Waals surface area contributed by atoms with E-state index in [9.17, 15) is 18.3 Å². The summed E-state index contributed by atoms with van der Waals surface area (Å²) in [5.41, 5.74) is -0.255. The van der Waals surface area contributed by atoms with Gasteiger partial charge >= 0.3 is 6.18 Å². The highest BCUT2D eigenvalue weighted by Gasteiger charge is 2.39.